The first-order chi connectivity index (χ1) is 16.4. The van der Waals surface area contributed by atoms with Gasteiger partial charge in [-0.3, -0.25) is 10.1 Å². The Balaban J connectivity index is 1.86. The predicted octanol–water partition coefficient (Wildman–Crippen LogP) is 6.21. The molecule has 0 bridgehead atoms. The molecular weight excluding hydrogens is 485 g/mol. The molecule has 5 nitrogen and oxygen atoms in total. The number of amides is 3. The fraction of sp³-hybridized carbons (Fsp3) is 0.130. The minimum absolute atomic E-state index is 0.0391. The van der Waals surface area contributed by atoms with E-state index in [1.807, 2.05) is 0 Å². The van der Waals surface area contributed by atoms with Gasteiger partial charge in [0.15, 0.2) is 23.3 Å². The van der Waals surface area contributed by atoms with Gasteiger partial charge in [0.1, 0.15) is 11.3 Å². The number of benzene rings is 3. The summed E-state index contributed by atoms with van der Waals surface area (Å²) in [5, 5.41) is 3.64. The number of carbonyl (C=O) groups excluding carboxylic acids is 2. The first-order valence-corrected chi connectivity index (χ1v) is 9.66. The normalized spacial score (nSPS) is 11.2. The fourth-order valence-electron chi connectivity index (χ4n) is 3.23. The van der Waals surface area contributed by atoms with Crippen molar-refractivity contribution in [2.45, 2.75) is 13.1 Å². The van der Waals surface area contributed by atoms with Crippen LogP contribution < -0.4 is 15.4 Å². The van der Waals surface area contributed by atoms with Crippen LogP contribution in [0.1, 0.15) is 21.5 Å². The zero-order chi connectivity index (χ0) is 26.1. The molecule has 0 aliphatic rings. The summed E-state index contributed by atoms with van der Waals surface area (Å²) in [7, 11) is 1.18. The molecule has 3 aromatic carbocycles. The summed E-state index contributed by atoms with van der Waals surface area (Å²) in [5.41, 5.74) is -3.79. The number of rotatable bonds is 4. The fourth-order valence-corrected chi connectivity index (χ4v) is 3.23. The summed E-state index contributed by atoms with van der Waals surface area (Å²) in [5.74, 6) is -9.41. The molecule has 0 radical (unpaired) electrons. The summed E-state index contributed by atoms with van der Waals surface area (Å²) in [6.07, 6.45) is -4.65. The van der Waals surface area contributed by atoms with E-state index >= 15 is 0 Å². The zero-order valence-corrected chi connectivity index (χ0v) is 17.9. The van der Waals surface area contributed by atoms with E-state index < -0.39 is 58.1 Å². The van der Waals surface area contributed by atoms with Crippen LogP contribution >= 0.6 is 0 Å². The van der Waals surface area contributed by atoms with E-state index in [4.69, 9.17) is 4.74 Å². The molecular formula is C23H15F7N2O3. The molecule has 0 atom stereocenters. The van der Waals surface area contributed by atoms with Gasteiger partial charge in [0.25, 0.3) is 5.91 Å². The highest BCUT2D eigenvalue weighted by Gasteiger charge is 2.34. The summed E-state index contributed by atoms with van der Waals surface area (Å²) in [6, 6.07) is 6.90. The average molecular weight is 500 g/mol. The van der Waals surface area contributed by atoms with Crippen LogP contribution in [0.15, 0.2) is 42.5 Å². The predicted molar refractivity (Wildman–Crippen MR) is 111 cm³/mol. The van der Waals surface area contributed by atoms with Gasteiger partial charge in [0.05, 0.1) is 12.7 Å². The molecule has 0 aliphatic heterocycles. The Kier molecular flexibility index (Phi) is 7.04. The number of hydrogen-bond acceptors (Lipinski definition) is 3. The van der Waals surface area contributed by atoms with E-state index in [-0.39, 0.29) is 22.6 Å². The lowest BCUT2D eigenvalue weighted by molar-refractivity contribution is -0.137. The maximum Gasteiger partial charge on any atom is 0.417 e. The van der Waals surface area contributed by atoms with Crippen molar-refractivity contribution in [1.29, 1.82) is 0 Å². The third-order valence-electron chi connectivity index (χ3n) is 4.92. The minimum atomic E-state index is -4.65. The van der Waals surface area contributed by atoms with E-state index in [2.05, 4.69) is 5.32 Å². The molecule has 0 spiro atoms. The summed E-state index contributed by atoms with van der Waals surface area (Å²) in [6.45, 7) is 0.759. The number of anilines is 1. The van der Waals surface area contributed by atoms with E-state index in [9.17, 15) is 40.3 Å². The highest BCUT2D eigenvalue weighted by Crippen LogP contribution is 2.41. The van der Waals surface area contributed by atoms with Crippen molar-refractivity contribution in [3.63, 3.8) is 0 Å². The Bertz CT molecular complexity index is 1290. The van der Waals surface area contributed by atoms with Crippen molar-refractivity contribution < 1.29 is 45.1 Å². The van der Waals surface area contributed by atoms with E-state index in [1.165, 1.54) is 42.8 Å². The summed E-state index contributed by atoms with van der Waals surface area (Å²) in [4.78, 5) is 24.2. The van der Waals surface area contributed by atoms with Gasteiger partial charge in [-0.1, -0.05) is 18.2 Å². The maximum absolute atomic E-state index is 14.0. The molecule has 3 aromatic rings. The minimum Gasteiger partial charge on any atom is -0.496 e. The molecule has 12 heteroatoms. The highest BCUT2D eigenvalue weighted by molar-refractivity contribution is 6.08. The van der Waals surface area contributed by atoms with Gasteiger partial charge in [0.2, 0.25) is 0 Å². The Morgan fingerprint density at radius 3 is 2.03 bits per heavy atom. The van der Waals surface area contributed by atoms with Crippen molar-refractivity contribution >= 4 is 17.6 Å². The number of alkyl halides is 3. The lowest BCUT2D eigenvalue weighted by Gasteiger charge is -2.16. The molecule has 184 valence electrons. The second kappa shape index (κ2) is 9.65. The van der Waals surface area contributed by atoms with Crippen LogP contribution in [-0.2, 0) is 6.18 Å². The van der Waals surface area contributed by atoms with Gasteiger partial charge in [-0.2, -0.15) is 13.2 Å². The van der Waals surface area contributed by atoms with E-state index in [0.717, 1.165) is 19.1 Å². The summed E-state index contributed by atoms with van der Waals surface area (Å²) >= 11 is 0. The maximum atomic E-state index is 14.0. The first-order valence-electron chi connectivity index (χ1n) is 9.66. The van der Waals surface area contributed by atoms with E-state index in [0.29, 0.717) is 0 Å². The number of carbonyl (C=O) groups is 2. The Hall–Kier alpha value is -4.09. The molecule has 0 heterocycles. The topological polar surface area (TPSA) is 67.4 Å². The van der Waals surface area contributed by atoms with Gasteiger partial charge in [-0.25, -0.2) is 22.4 Å². The number of ether oxygens (including phenoxy) is 1. The molecule has 3 rings (SSSR count). The number of imide groups is 1. The Labute approximate surface area is 193 Å². The average Bonchev–Trinajstić information content (AvgIpc) is 2.80. The van der Waals surface area contributed by atoms with Gasteiger partial charge in [-0.05, 0) is 30.7 Å². The Morgan fingerprint density at radius 1 is 0.857 bits per heavy atom. The van der Waals surface area contributed by atoms with Crippen molar-refractivity contribution in [1.82, 2.24) is 5.32 Å². The Morgan fingerprint density at radius 2 is 1.46 bits per heavy atom. The van der Waals surface area contributed by atoms with Crippen LogP contribution in [0.5, 0.6) is 5.75 Å². The van der Waals surface area contributed by atoms with Crippen LogP contribution in [0.4, 0.5) is 41.2 Å². The third-order valence-corrected chi connectivity index (χ3v) is 4.92. The number of hydrogen-bond donors (Lipinski definition) is 2. The second-order valence-corrected chi connectivity index (χ2v) is 7.12. The van der Waals surface area contributed by atoms with Gasteiger partial charge >= 0.3 is 12.2 Å². The van der Waals surface area contributed by atoms with Gasteiger partial charge in [-0.15, -0.1) is 0 Å². The van der Waals surface area contributed by atoms with Crippen molar-refractivity contribution in [3.8, 4) is 16.9 Å². The lowest BCUT2D eigenvalue weighted by Crippen LogP contribution is -2.36. The first kappa shape index (κ1) is 25.5. The van der Waals surface area contributed by atoms with Gasteiger partial charge < -0.3 is 10.1 Å². The van der Waals surface area contributed by atoms with Crippen LogP contribution in [0.3, 0.4) is 0 Å². The van der Waals surface area contributed by atoms with Crippen LogP contribution in [0.2, 0.25) is 0 Å². The SMILES string of the molecule is COc1cc(NC(=O)NC(=O)c2c(F)c(F)c(C)c(F)c2F)ccc1-c1ccccc1C(F)(F)F. The molecule has 2 N–H and O–H groups in total. The number of halogens is 7. The number of urea groups is 1. The van der Waals surface area contributed by atoms with Crippen molar-refractivity contribution in [3.05, 3.63) is 82.4 Å². The second-order valence-electron chi connectivity index (χ2n) is 7.12. The molecule has 0 fully saturated rings. The molecule has 3 amide bonds. The third kappa shape index (κ3) is 5.05. The largest absolute Gasteiger partial charge is 0.496 e. The van der Waals surface area contributed by atoms with Crippen LogP contribution in [-0.4, -0.2) is 19.0 Å². The molecule has 0 aliphatic carbocycles. The number of nitrogens with one attached hydrogen (secondary N) is 2. The summed E-state index contributed by atoms with van der Waals surface area (Å²) < 4.78 is 101. The van der Waals surface area contributed by atoms with Crippen molar-refractivity contribution in [2.24, 2.45) is 0 Å². The van der Waals surface area contributed by atoms with Gasteiger partial charge in [0, 0.05) is 22.9 Å². The molecule has 0 saturated heterocycles. The van der Waals surface area contributed by atoms with E-state index in [1.54, 1.807) is 0 Å². The smallest absolute Gasteiger partial charge is 0.417 e. The highest BCUT2D eigenvalue weighted by atomic mass is 19.4. The number of methoxy groups -OCH3 is 1. The molecule has 0 aromatic heterocycles. The zero-order valence-electron chi connectivity index (χ0n) is 17.9. The monoisotopic (exact) mass is 500 g/mol. The molecule has 0 unspecified atom stereocenters. The standard InChI is InChI=1S/C23H15F7N2O3/c1-10-17(24)19(26)16(20(27)18(10)25)21(33)32-22(34)31-11-7-8-13(15(9-11)35-2)12-5-3-4-6-14(12)23(28,29)30/h3-9H,1-2H3,(H2,31,32,33,34). The van der Waals surface area contributed by atoms with Crippen LogP contribution in [0, 0.1) is 30.2 Å². The quantitative estimate of drug-likeness (QED) is 0.331. The molecule has 35 heavy (non-hydrogen) atoms. The van der Waals surface area contributed by atoms with Crippen LogP contribution in [0.25, 0.3) is 11.1 Å². The lowest BCUT2D eigenvalue weighted by atomic mass is 9.98. The molecule has 0 saturated carbocycles. The van der Waals surface area contributed by atoms with Crippen molar-refractivity contribution in [2.75, 3.05) is 12.4 Å².